The third kappa shape index (κ3) is 6.78. The Kier molecular flexibility index (Phi) is 8.66. The van der Waals surface area contributed by atoms with Crippen LogP contribution in [0.3, 0.4) is 0 Å². The molecule has 1 aliphatic rings. The van der Waals surface area contributed by atoms with E-state index in [-0.39, 0.29) is 5.91 Å². The molecule has 7 heteroatoms. The van der Waals surface area contributed by atoms with Crippen LogP contribution in [0.1, 0.15) is 61.0 Å². The van der Waals surface area contributed by atoms with Gasteiger partial charge in [0.2, 0.25) is 5.95 Å². The van der Waals surface area contributed by atoms with E-state index in [2.05, 4.69) is 21.5 Å². The van der Waals surface area contributed by atoms with Crippen LogP contribution < -0.4 is 5.32 Å². The summed E-state index contributed by atoms with van der Waals surface area (Å²) in [5, 5.41) is 7.31. The van der Waals surface area contributed by atoms with Gasteiger partial charge >= 0.3 is 0 Å². The maximum atomic E-state index is 13.3. The standard InChI is InChI=1S/C31H38N6O/c1-35-23-27(22-32-35)25-13-12-14-26(21-25)30(38)34-31-33-28(24-37(31)29-16-7-4-8-17-29)15-6-2-3-9-18-36-19-10-5-11-20-36/h4,7-8,12-14,16-17,21-24H,2-3,5-6,9-11,15,18-20H2,1H3,(H,33,34,38). The molecule has 1 N–H and O–H groups in total. The first-order valence-electron chi connectivity index (χ1n) is 13.9. The fraction of sp³-hybridized carbons (Fsp3) is 0.387. The third-order valence-electron chi connectivity index (χ3n) is 7.28. The summed E-state index contributed by atoms with van der Waals surface area (Å²) >= 11 is 0. The molecule has 2 aromatic heterocycles. The molecular formula is C31H38N6O. The van der Waals surface area contributed by atoms with Crippen molar-refractivity contribution in [1.29, 1.82) is 0 Å². The van der Waals surface area contributed by atoms with Gasteiger partial charge in [0.05, 0.1) is 11.9 Å². The molecule has 1 fully saturated rings. The number of carbonyl (C=O) groups excluding carboxylic acids is 1. The number of amides is 1. The van der Waals surface area contributed by atoms with E-state index >= 15 is 0 Å². The molecular weight excluding hydrogens is 472 g/mol. The summed E-state index contributed by atoms with van der Waals surface area (Å²) in [5.41, 5.74) is 4.50. The first-order valence-corrected chi connectivity index (χ1v) is 13.9. The highest BCUT2D eigenvalue weighted by molar-refractivity contribution is 6.04. The third-order valence-corrected chi connectivity index (χ3v) is 7.28. The molecule has 0 unspecified atom stereocenters. The van der Waals surface area contributed by atoms with Gasteiger partial charge in [-0.1, -0.05) is 49.6 Å². The Hall–Kier alpha value is -3.71. The van der Waals surface area contributed by atoms with Crippen LogP contribution >= 0.6 is 0 Å². The number of nitrogens with one attached hydrogen (secondary N) is 1. The summed E-state index contributed by atoms with van der Waals surface area (Å²) in [5.74, 6) is 0.371. The number of nitrogens with zero attached hydrogens (tertiary/aromatic N) is 5. The summed E-state index contributed by atoms with van der Waals surface area (Å²) in [6, 6.07) is 17.7. The number of anilines is 1. The minimum absolute atomic E-state index is 0.178. The number of hydrogen-bond acceptors (Lipinski definition) is 4. The first-order chi connectivity index (χ1) is 18.7. The zero-order chi connectivity index (χ0) is 26.2. The number of benzene rings is 2. The molecule has 1 amide bonds. The summed E-state index contributed by atoms with van der Waals surface area (Å²) in [6.07, 6.45) is 15.7. The Morgan fingerprint density at radius 2 is 1.71 bits per heavy atom. The number of unbranched alkanes of at least 4 members (excludes halogenated alkanes) is 3. The topological polar surface area (TPSA) is 68.0 Å². The molecule has 0 radical (unpaired) electrons. The molecule has 0 saturated carbocycles. The highest BCUT2D eigenvalue weighted by Gasteiger charge is 2.15. The zero-order valence-corrected chi connectivity index (χ0v) is 22.4. The lowest BCUT2D eigenvalue weighted by Crippen LogP contribution is -2.30. The number of rotatable bonds is 11. The van der Waals surface area contributed by atoms with E-state index in [0.29, 0.717) is 11.5 Å². The van der Waals surface area contributed by atoms with Gasteiger partial charge in [-0.15, -0.1) is 0 Å². The second-order valence-electron chi connectivity index (χ2n) is 10.3. The number of carbonyl (C=O) groups is 1. The van der Waals surface area contributed by atoms with Crippen LogP contribution in [0.15, 0.2) is 73.2 Å². The fourth-order valence-corrected chi connectivity index (χ4v) is 5.19. The van der Waals surface area contributed by atoms with Gasteiger partial charge in [0.25, 0.3) is 5.91 Å². The Morgan fingerprint density at radius 1 is 0.895 bits per heavy atom. The van der Waals surface area contributed by atoms with Crippen molar-refractivity contribution in [3.05, 3.63) is 84.4 Å². The summed E-state index contributed by atoms with van der Waals surface area (Å²) < 4.78 is 3.74. The van der Waals surface area contributed by atoms with Crippen molar-refractivity contribution in [2.75, 3.05) is 25.0 Å². The van der Waals surface area contributed by atoms with Gasteiger partial charge in [-0.3, -0.25) is 19.4 Å². The molecule has 5 rings (SSSR count). The lowest BCUT2D eigenvalue weighted by atomic mass is 10.1. The van der Waals surface area contributed by atoms with Crippen LogP contribution in [-0.2, 0) is 13.5 Å². The van der Waals surface area contributed by atoms with Crippen molar-refractivity contribution in [2.24, 2.45) is 7.05 Å². The summed E-state index contributed by atoms with van der Waals surface area (Å²) in [4.78, 5) is 20.7. The molecule has 0 atom stereocenters. The Labute approximate surface area is 225 Å². The molecule has 2 aromatic carbocycles. The van der Waals surface area contributed by atoms with Crippen LogP contribution in [0.5, 0.6) is 0 Å². The van der Waals surface area contributed by atoms with E-state index in [1.807, 2.05) is 72.4 Å². The maximum Gasteiger partial charge on any atom is 0.258 e. The lowest BCUT2D eigenvalue weighted by Gasteiger charge is -2.26. The Balaban J connectivity index is 1.22. The smallest absolute Gasteiger partial charge is 0.258 e. The van der Waals surface area contributed by atoms with E-state index < -0.39 is 0 Å². The van der Waals surface area contributed by atoms with E-state index in [1.165, 1.54) is 58.2 Å². The molecule has 1 saturated heterocycles. The Morgan fingerprint density at radius 3 is 2.50 bits per heavy atom. The molecule has 38 heavy (non-hydrogen) atoms. The summed E-state index contributed by atoms with van der Waals surface area (Å²) in [7, 11) is 1.89. The van der Waals surface area contributed by atoms with Crippen LogP contribution in [0.2, 0.25) is 0 Å². The van der Waals surface area contributed by atoms with Crippen LogP contribution in [0, 0.1) is 0 Å². The molecule has 198 valence electrons. The van der Waals surface area contributed by atoms with E-state index in [0.717, 1.165) is 35.3 Å². The minimum Gasteiger partial charge on any atom is -0.303 e. The van der Waals surface area contributed by atoms with Crippen molar-refractivity contribution in [3.63, 3.8) is 0 Å². The molecule has 0 aliphatic carbocycles. The van der Waals surface area contributed by atoms with Crippen molar-refractivity contribution in [3.8, 4) is 16.8 Å². The number of piperidine rings is 1. The number of imidazole rings is 1. The second-order valence-corrected chi connectivity index (χ2v) is 10.3. The predicted molar refractivity (Wildman–Crippen MR) is 153 cm³/mol. The zero-order valence-electron chi connectivity index (χ0n) is 22.4. The normalized spacial score (nSPS) is 14.0. The minimum atomic E-state index is -0.178. The average Bonchev–Trinajstić information content (AvgIpc) is 3.58. The van der Waals surface area contributed by atoms with Gasteiger partial charge < -0.3 is 4.90 Å². The summed E-state index contributed by atoms with van der Waals surface area (Å²) in [6.45, 7) is 3.79. The highest BCUT2D eigenvalue weighted by Crippen LogP contribution is 2.22. The van der Waals surface area contributed by atoms with Crippen LogP contribution in [-0.4, -0.2) is 49.8 Å². The maximum absolute atomic E-state index is 13.3. The van der Waals surface area contributed by atoms with Gasteiger partial charge in [0, 0.05) is 36.3 Å². The molecule has 0 spiro atoms. The Bertz CT molecular complexity index is 1320. The quantitative estimate of drug-likeness (QED) is 0.247. The van der Waals surface area contributed by atoms with Gasteiger partial charge in [-0.25, -0.2) is 4.98 Å². The fourth-order valence-electron chi connectivity index (χ4n) is 5.19. The van der Waals surface area contributed by atoms with Gasteiger partial charge in [-0.2, -0.15) is 5.10 Å². The van der Waals surface area contributed by atoms with Crippen molar-refractivity contribution < 1.29 is 4.79 Å². The molecule has 1 aliphatic heterocycles. The number of likely N-dealkylation sites (tertiary alicyclic amines) is 1. The molecule has 4 aromatic rings. The van der Waals surface area contributed by atoms with E-state index in [1.54, 1.807) is 10.9 Å². The highest BCUT2D eigenvalue weighted by atomic mass is 16.1. The van der Waals surface area contributed by atoms with Crippen molar-refractivity contribution in [1.82, 2.24) is 24.2 Å². The molecule has 0 bridgehead atoms. The van der Waals surface area contributed by atoms with E-state index in [4.69, 9.17) is 4.98 Å². The molecule has 7 nitrogen and oxygen atoms in total. The number of para-hydroxylation sites is 1. The average molecular weight is 511 g/mol. The number of hydrogen-bond donors (Lipinski definition) is 1. The van der Waals surface area contributed by atoms with Crippen molar-refractivity contribution >= 4 is 11.9 Å². The SMILES string of the molecule is Cn1cc(-c2cccc(C(=O)Nc3nc(CCCCCCN4CCCCC4)cn3-c3ccccc3)c2)cn1. The monoisotopic (exact) mass is 510 g/mol. The van der Waals surface area contributed by atoms with Gasteiger partial charge in [0.1, 0.15) is 0 Å². The number of aryl methyl sites for hydroxylation is 2. The van der Waals surface area contributed by atoms with Gasteiger partial charge in [-0.05, 0) is 81.6 Å². The molecule has 3 heterocycles. The van der Waals surface area contributed by atoms with Crippen LogP contribution in [0.25, 0.3) is 16.8 Å². The second kappa shape index (κ2) is 12.7. The lowest BCUT2D eigenvalue weighted by molar-refractivity contribution is 0.102. The van der Waals surface area contributed by atoms with Crippen molar-refractivity contribution in [2.45, 2.75) is 51.4 Å². The van der Waals surface area contributed by atoms with Crippen LogP contribution in [0.4, 0.5) is 5.95 Å². The largest absolute Gasteiger partial charge is 0.303 e. The number of aromatic nitrogens is 4. The first kappa shape index (κ1) is 25.9. The van der Waals surface area contributed by atoms with E-state index in [9.17, 15) is 4.79 Å². The predicted octanol–water partition coefficient (Wildman–Crippen LogP) is 6.11. The van der Waals surface area contributed by atoms with Gasteiger partial charge in [0.15, 0.2) is 0 Å².